The van der Waals surface area contributed by atoms with Crippen LogP contribution in [-0.2, 0) is 21.0 Å². The third-order valence-corrected chi connectivity index (χ3v) is 8.51. The van der Waals surface area contributed by atoms with Gasteiger partial charge in [0.05, 0.1) is 27.4 Å². The molecule has 1 aromatic heterocycles. The molecular weight excluding hydrogens is 596 g/mol. The van der Waals surface area contributed by atoms with Crippen molar-refractivity contribution in [1.29, 1.82) is 0 Å². The second-order valence-electron chi connectivity index (χ2n) is 9.42. The molecule has 1 amide bonds. The van der Waals surface area contributed by atoms with Crippen LogP contribution in [0.4, 0.5) is 23.2 Å². The minimum absolute atomic E-state index is 0.221. The van der Waals surface area contributed by atoms with Crippen molar-refractivity contribution in [2.24, 2.45) is 5.10 Å². The molecule has 13 heteroatoms. The van der Waals surface area contributed by atoms with E-state index in [0.29, 0.717) is 21.6 Å². The number of alkyl halides is 3. The van der Waals surface area contributed by atoms with Gasteiger partial charge in [-0.2, -0.15) is 18.3 Å². The lowest BCUT2D eigenvalue weighted by atomic mass is 10.2. The Kier molecular flexibility index (Phi) is 8.79. The van der Waals surface area contributed by atoms with Crippen LogP contribution in [-0.4, -0.2) is 31.7 Å². The number of nitrogens with zero attached hydrogens (tertiary/aromatic N) is 3. The molecule has 3 aromatic carbocycles. The van der Waals surface area contributed by atoms with Crippen LogP contribution in [0.1, 0.15) is 28.1 Å². The number of anilines is 1. The fourth-order valence-electron chi connectivity index (χ4n) is 4.28. The van der Waals surface area contributed by atoms with Crippen molar-refractivity contribution < 1.29 is 30.8 Å². The summed E-state index contributed by atoms with van der Waals surface area (Å²) in [5.41, 5.74) is 4.23. The highest BCUT2D eigenvalue weighted by Crippen LogP contribution is 2.38. The van der Waals surface area contributed by atoms with E-state index in [1.165, 1.54) is 42.6 Å². The molecule has 7 nitrogen and oxygen atoms in total. The Bertz CT molecular complexity index is 1750. The first kappa shape index (κ1) is 30.8. The van der Waals surface area contributed by atoms with Crippen molar-refractivity contribution in [1.82, 2.24) is 9.99 Å². The fraction of sp³-hybridized carbons (Fsp3) is 0.172. The van der Waals surface area contributed by atoms with Crippen LogP contribution in [0, 0.1) is 26.6 Å². The van der Waals surface area contributed by atoms with E-state index in [0.717, 1.165) is 29.1 Å². The monoisotopic (exact) mass is 620 g/mol. The normalized spacial score (nSPS) is 12.1. The van der Waals surface area contributed by atoms with E-state index in [1.54, 1.807) is 32.0 Å². The first-order chi connectivity index (χ1) is 19.7. The summed E-state index contributed by atoms with van der Waals surface area (Å²) >= 11 is 5.73. The van der Waals surface area contributed by atoms with Gasteiger partial charge in [-0.05, 0) is 81.4 Å². The van der Waals surface area contributed by atoms with Gasteiger partial charge in [-0.25, -0.2) is 18.2 Å². The van der Waals surface area contributed by atoms with Crippen molar-refractivity contribution in [3.05, 3.63) is 112 Å². The van der Waals surface area contributed by atoms with Gasteiger partial charge in [0.25, 0.3) is 15.9 Å². The molecule has 0 atom stereocenters. The van der Waals surface area contributed by atoms with Crippen LogP contribution < -0.4 is 9.73 Å². The number of hydrogen-bond acceptors (Lipinski definition) is 4. The van der Waals surface area contributed by atoms with E-state index in [1.807, 2.05) is 11.5 Å². The zero-order valence-corrected chi connectivity index (χ0v) is 24.1. The quantitative estimate of drug-likeness (QED) is 0.138. The van der Waals surface area contributed by atoms with Gasteiger partial charge in [0.2, 0.25) is 0 Å². The Morgan fingerprint density at radius 2 is 1.64 bits per heavy atom. The summed E-state index contributed by atoms with van der Waals surface area (Å²) in [4.78, 5) is 12.7. The Morgan fingerprint density at radius 1 is 1.00 bits per heavy atom. The van der Waals surface area contributed by atoms with Gasteiger partial charge in [0, 0.05) is 22.6 Å². The Balaban J connectivity index is 1.62. The van der Waals surface area contributed by atoms with Gasteiger partial charge >= 0.3 is 6.18 Å². The van der Waals surface area contributed by atoms with Crippen LogP contribution in [0.15, 0.2) is 82.8 Å². The third-order valence-electron chi connectivity index (χ3n) is 6.39. The summed E-state index contributed by atoms with van der Waals surface area (Å²) in [5, 5.41) is 3.31. The average Bonchev–Trinajstić information content (AvgIpc) is 3.20. The number of rotatable bonds is 8. The number of halogens is 5. The van der Waals surface area contributed by atoms with Gasteiger partial charge in [0.15, 0.2) is 0 Å². The summed E-state index contributed by atoms with van der Waals surface area (Å²) in [7, 11) is -4.48. The molecule has 0 unspecified atom stereocenters. The molecule has 0 saturated carbocycles. The molecule has 0 bridgehead atoms. The molecule has 0 aliphatic rings. The lowest BCUT2D eigenvalue weighted by molar-refractivity contribution is -0.137. The maximum atomic E-state index is 13.6. The smallest absolute Gasteiger partial charge is 0.318 e. The van der Waals surface area contributed by atoms with Gasteiger partial charge in [-0.1, -0.05) is 29.3 Å². The highest BCUT2D eigenvalue weighted by molar-refractivity contribution is 7.92. The second kappa shape index (κ2) is 12.0. The number of nitrogens with one attached hydrogen (secondary N) is 1. The molecular formula is C29H25ClF4N4O3S. The zero-order valence-electron chi connectivity index (χ0n) is 22.6. The number of carbonyl (C=O) groups excluding carboxylic acids is 1. The Hall–Kier alpha value is -4.16. The van der Waals surface area contributed by atoms with Crippen molar-refractivity contribution in [3.63, 3.8) is 0 Å². The number of hydrazone groups is 1. The molecule has 4 aromatic rings. The van der Waals surface area contributed by atoms with Crippen LogP contribution in [0.3, 0.4) is 0 Å². The maximum absolute atomic E-state index is 13.6. The number of carbonyl (C=O) groups is 1. The van der Waals surface area contributed by atoms with Crippen LogP contribution >= 0.6 is 11.6 Å². The van der Waals surface area contributed by atoms with Crippen molar-refractivity contribution >= 4 is 39.4 Å². The molecule has 1 heterocycles. The second-order valence-corrected chi connectivity index (χ2v) is 11.7. The topological polar surface area (TPSA) is 83.8 Å². The summed E-state index contributed by atoms with van der Waals surface area (Å²) < 4.78 is 83.5. The summed E-state index contributed by atoms with van der Waals surface area (Å²) in [6.07, 6.45) is -3.51. The summed E-state index contributed by atoms with van der Waals surface area (Å²) in [5.74, 6) is -1.28. The zero-order chi connectivity index (χ0) is 30.8. The number of aryl methyl sites for hydroxylation is 2. The Morgan fingerprint density at radius 3 is 2.26 bits per heavy atom. The van der Waals surface area contributed by atoms with Crippen molar-refractivity contribution in [2.45, 2.75) is 31.8 Å². The highest BCUT2D eigenvalue weighted by Gasteiger charge is 2.35. The number of hydrogen-bond donors (Lipinski definition) is 1. The number of amides is 1. The van der Waals surface area contributed by atoms with E-state index in [4.69, 9.17) is 11.6 Å². The molecule has 0 spiro atoms. The van der Waals surface area contributed by atoms with E-state index in [2.05, 4.69) is 10.5 Å². The van der Waals surface area contributed by atoms with Crippen LogP contribution in [0.2, 0.25) is 5.02 Å². The fourth-order valence-corrected chi connectivity index (χ4v) is 5.92. The van der Waals surface area contributed by atoms with E-state index < -0.39 is 44.9 Å². The molecule has 220 valence electrons. The van der Waals surface area contributed by atoms with Crippen LogP contribution in [0.25, 0.3) is 5.69 Å². The van der Waals surface area contributed by atoms with Gasteiger partial charge in [-0.15, -0.1) is 0 Å². The van der Waals surface area contributed by atoms with Crippen LogP contribution in [0.5, 0.6) is 0 Å². The lowest BCUT2D eigenvalue weighted by Gasteiger charge is -2.25. The largest absolute Gasteiger partial charge is 0.417 e. The Labute approximate surface area is 245 Å². The molecule has 1 N–H and O–H groups in total. The first-order valence-corrected chi connectivity index (χ1v) is 14.2. The predicted molar refractivity (Wildman–Crippen MR) is 153 cm³/mol. The maximum Gasteiger partial charge on any atom is 0.417 e. The van der Waals surface area contributed by atoms with E-state index >= 15 is 0 Å². The minimum Gasteiger partial charge on any atom is -0.318 e. The molecule has 0 saturated heterocycles. The standard InChI is InChI=1S/C29H25ClF4N4O3S/c1-18-4-11-25(12-5-18)42(40,41)37(24-10-13-27(30)26(15-24)29(32,33)34)17-28(39)36-35-16-21-14-19(2)38(20(21)3)23-8-6-22(31)7-9-23/h4-16H,17H2,1-3H3,(H,36,39)/b35-16-. The number of sulfonamides is 1. The SMILES string of the molecule is Cc1ccc(S(=O)(=O)N(CC(=O)N/N=C\c2cc(C)n(-c3ccc(F)cc3)c2C)c2ccc(Cl)c(C(F)(F)F)c2)cc1. The number of aromatic nitrogens is 1. The molecule has 42 heavy (non-hydrogen) atoms. The van der Waals surface area contributed by atoms with Gasteiger partial charge < -0.3 is 4.57 Å². The van der Waals surface area contributed by atoms with Crippen molar-refractivity contribution in [3.8, 4) is 5.69 Å². The molecule has 0 fully saturated rings. The predicted octanol–water partition coefficient (Wildman–Crippen LogP) is 6.56. The first-order valence-electron chi connectivity index (χ1n) is 12.4. The number of benzene rings is 3. The molecule has 0 radical (unpaired) electrons. The molecule has 0 aliphatic carbocycles. The van der Waals surface area contributed by atoms with Crippen molar-refractivity contribution in [2.75, 3.05) is 10.8 Å². The van der Waals surface area contributed by atoms with E-state index in [-0.39, 0.29) is 10.7 Å². The third kappa shape index (κ3) is 6.66. The summed E-state index contributed by atoms with van der Waals surface area (Å²) in [6, 6.07) is 15.9. The van der Waals surface area contributed by atoms with Gasteiger partial charge in [-0.3, -0.25) is 9.10 Å². The molecule has 0 aliphatic heterocycles. The lowest BCUT2D eigenvalue weighted by Crippen LogP contribution is -2.39. The summed E-state index contributed by atoms with van der Waals surface area (Å²) in [6.45, 7) is 4.50. The molecule has 4 rings (SSSR count). The van der Waals surface area contributed by atoms with Gasteiger partial charge in [0.1, 0.15) is 12.4 Å². The van der Waals surface area contributed by atoms with E-state index in [9.17, 15) is 30.8 Å². The average molecular weight is 621 g/mol. The highest BCUT2D eigenvalue weighted by atomic mass is 35.5. The minimum atomic E-state index is -4.86.